The molecule has 0 amide bonds. The second-order valence-electron chi connectivity index (χ2n) is 0.177. The predicted octanol–water partition coefficient (Wildman–Crippen LogP) is -2.39. The average Bonchev–Trinajstić information content (AvgIpc) is 0.811. The summed E-state index contributed by atoms with van der Waals surface area (Å²) >= 11 is -4.15. The molecule has 0 aliphatic carbocycles. The Hall–Kier alpha value is 1.59. The molecule has 1 radical (unpaired) electrons. The van der Waals surface area contributed by atoms with Crippen LogP contribution in [-0.2, 0) is 26.7 Å². The van der Waals surface area contributed by atoms with E-state index in [4.69, 9.17) is 10.6 Å². The van der Waals surface area contributed by atoms with Crippen LogP contribution in [-0.4, -0.2) is 62.3 Å². The quantitative estimate of drug-likeness (QED) is 0.465. The van der Waals surface area contributed by atoms with Gasteiger partial charge in [0.05, 0.1) is 0 Å². The van der Waals surface area contributed by atoms with Gasteiger partial charge in [-0.05, 0) is 0 Å². The summed E-state index contributed by atoms with van der Waals surface area (Å²) in [6, 6.07) is 0. The Morgan fingerprint density at radius 3 is 0.857 bits per heavy atom. The van der Waals surface area contributed by atoms with Crippen LogP contribution in [0.3, 0.4) is 0 Å². The summed E-state index contributed by atoms with van der Waals surface area (Å²) in [6.07, 6.45) is 0. The first-order valence-electron chi connectivity index (χ1n) is 0.433. The van der Waals surface area contributed by atoms with Gasteiger partial charge in [0.15, 0.2) is 0 Å². The van der Waals surface area contributed by atoms with Crippen LogP contribution in [0.2, 0.25) is 0 Å². The third kappa shape index (κ3) is 93.6. The van der Waals surface area contributed by atoms with Crippen LogP contribution < -0.4 is 0 Å². The van der Waals surface area contributed by atoms with E-state index in [0.29, 0.717) is 0 Å². The van der Waals surface area contributed by atoms with Gasteiger partial charge in [-0.25, -0.2) is 0 Å². The van der Waals surface area contributed by atoms with Crippen LogP contribution in [0.4, 0.5) is 0 Å². The Morgan fingerprint density at radius 1 is 0.857 bits per heavy atom. The van der Waals surface area contributed by atoms with Gasteiger partial charge in [-0.2, -0.15) is 0 Å². The van der Waals surface area contributed by atoms with Gasteiger partial charge in [0.2, 0.25) is 0 Å². The second kappa shape index (κ2) is 15.6. The molecule has 0 unspecified atom stereocenters. The molecule has 7 heteroatoms. The molecule has 0 heterocycles. The molecule has 0 saturated heterocycles. The van der Waals surface area contributed by atoms with E-state index in [1.165, 1.54) is 0 Å². The second-order valence-corrected chi connectivity index (χ2v) is 1.45. The van der Waals surface area contributed by atoms with Gasteiger partial charge >= 0.3 is 26.7 Å². The summed E-state index contributed by atoms with van der Waals surface area (Å²) < 4.78 is 25.8. The monoisotopic (exact) mass is 315 g/mol. The Morgan fingerprint density at radius 2 is 0.857 bits per heavy atom. The normalized spacial score (nSPS) is 4.71. The van der Waals surface area contributed by atoms with Gasteiger partial charge in [-0.3, -0.25) is 0 Å². The van der Waals surface area contributed by atoms with E-state index in [0.717, 1.165) is 0 Å². The topological polar surface area (TPSA) is 114 Å². The van der Waals surface area contributed by atoms with Crippen molar-refractivity contribution in [3.63, 3.8) is 0 Å². The van der Waals surface area contributed by atoms with Crippen LogP contribution in [0.25, 0.3) is 0 Å². The van der Waals surface area contributed by atoms with Crippen molar-refractivity contribution in [2.24, 2.45) is 0 Å². The molecule has 5 nitrogen and oxygen atoms in total. The minimum absolute atomic E-state index is 0. The molecule has 7 heavy (non-hydrogen) atoms. The number of rotatable bonds is 0. The minimum atomic E-state index is -4.15. The summed E-state index contributed by atoms with van der Waals surface area (Å²) in [7, 11) is 0. The van der Waals surface area contributed by atoms with Gasteiger partial charge in [0, 0.05) is 51.4 Å². The molecule has 0 fully saturated rings. The Balaban J connectivity index is -0.0000000150. The molecule has 0 aromatic rings. The zero-order valence-corrected chi connectivity index (χ0v) is 9.24. The summed E-state index contributed by atoms with van der Waals surface area (Å²) in [5, 5.41) is 0. The first-order chi connectivity index (χ1) is 1.73. The Labute approximate surface area is 87.4 Å². The third-order valence-electron chi connectivity index (χ3n) is 0. The number of hydrogen-bond acceptors (Lipinski definition) is 3. The van der Waals surface area contributed by atoms with Crippen molar-refractivity contribution in [2.45, 2.75) is 0 Å². The van der Waals surface area contributed by atoms with Crippen LogP contribution >= 0.6 is 0 Å². The summed E-state index contributed by atoms with van der Waals surface area (Å²) in [6.45, 7) is 0. The molecule has 0 aromatic heterocycles. The predicted molar refractivity (Wildman–Crippen MR) is 15.0 cm³/mol. The van der Waals surface area contributed by atoms with E-state index in [-0.39, 0.29) is 62.3 Å². The molecule has 0 rings (SSSR count). The van der Waals surface area contributed by atoms with Crippen LogP contribution in [0.15, 0.2) is 0 Å². The standard InChI is InChI=1S/K.2H2O.3O.Os/h;2*1H2;;;;. The third-order valence-corrected chi connectivity index (χ3v) is 0. The molecule has 0 aromatic carbocycles. The van der Waals surface area contributed by atoms with E-state index in [2.05, 4.69) is 0 Å². The van der Waals surface area contributed by atoms with Crippen molar-refractivity contribution in [1.82, 2.24) is 0 Å². The molecule has 0 atom stereocenters. The first kappa shape index (κ1) is 23.5. The van der Waals surface area contributed by atoms with Crippen LogP contribution in [0, 0.1) is 0 Å². The molecular weight excluding hydrogens is 309 g/mol. The molecule has 0 saturated carbocycles. The van der Waals surface area contributed by atoms with E-state index in [9.17, 15) is 0 Å². The molecule has 0 aliphatic rings. The summed E-state index contributed by atoms with van der Waals surface area (Å²) in [4.78, 5) is 0. The molecule has 0 bridgehead atoms. The maximum atomic E-state index is 8.59. The number of hydrogen-bond donors (Lipinski definition) is 0. The zero-order valence-electron chi connectivity index (χ0n) is 3.58. The fourth-order valence-corrected chi connectivity index (χ4v) is 0. The molecule has 0 spiro atoms. The van der Waals surface area contributed by atoms with Gasteiger partial charge in [-0.1, -0.05) is 0 Å². The first-order valence-corrected chi connectivity index (χ1v) is 3.54. The van der Waals surface area contributed by atoms with Crippen LogP contribution in [0.1, 0.15) is 0 Å². The van der Waals surface area contributed by atoms with Crippen molar-refractivity contribution < 1.29 is 37.6 Å². The fraction of sp³-hybridized carbons (Fsp3) is 0. The van der Waals surface area contributed by atoms with Crippen LogP contribution in [0.5, 0.6) is 0 Å². The van der Waals surface area contributed by atoms with Crippen molar-refractivity contribution in [1.29, 1.82) is 0 Å². The summed E-state index contributed by atoms with van der Waals surface area (Å²) in [5.41, 5.74) is 0. The van der Waals surface area contributed by atoms with Crippen molar-refractivity contribution in [2.75, 3.05) is 0 Å². The van der Waals surface area contributed by atoms with E-state index in [1.54, 1.807) is 0 Å². The Bertz CT molecular complexity index is 77.5. The van der Waals surface area contributed by atoms with Gasteiger partial charge in [0.1, 0.15) is 0 Å². The SMILES string of the molecule is O.O.[K].[O]=[Os](=[O])=[O]. The van der Waals surface area contributed by atoms with Gasteiger partial charge in [-0.15, -0.1) is 0 Å². The molecule has 43 valence electrons. The molecule has 4 N–H and O–H groups in total. The summed E-state index contributed by atoms with van der Waals surface area (Å²) in [5.74, 6) is 0. The zero-order chi connectivity index (χ0) is 3.58. The Kier molecular flexibility index (Phi) is 52.5. The maximum absolute atomic E-state index is 8.59. The molecule has 0 aliphatic heterocycles. The van der Waals surface area contributed by atoms with E-state index >= 15 is 0 Å². The fourth-order valence-electron chi connectivity index (χ4n) is 0. The van der Waals surface area contributed by atoms with Crippen molar-refractivity contribution in [3.8, 4) is 0 Å². The van der Waals surface area contributed by atoms with Gasteiger partial charge in [0.25, 0.3) is 0 Å². The van der Waals surface area contributed by atoms with Crippen molar-refractivity contribution in [3.05, 3.63) is 0 Å². The average molecular weight is 313 g/mol. The van der Waals surface area contributed by atoms with Crippen molar-refractivity contribution >= 4 is 51.4 Å². The van der Waals surface area contributed by atoms with E-state index < -0.39 is 16.1 Å². The molecular formula is H4KO5Os. The van der Waals surface area contributed by atoms with Gasteiger partial charge < -0.3 is 11.0 Å². The van der Waals surface area contributed by atoms with E-state index in [1.807, 2.05) is 0 Å².